The van der Waals surface area contributed by atoms with Crippen LogP contribution >= 0.6 is 0 Å². The van der Waals surface area contributed by atoms with E-state index in [1.54, 1.807) is 35.6 Å². The third kappa shape index (κ3) is 23.3. The Morgan fingerprint density at radius 2 is 0.923 bits per heavy atom. The Morgan fingerprint density at radius 1 is 0.515 bits per heavy atom. The number of pyridine rings is 1. The number of methoxy groups -OCH3 is 1. The number of carbonyl (C=O) groups is 12. The van der Waals surface area contributed by atoms with E-state index in [9.17, 15) is 70.7 Å². The molecule has 11 heterocycles. The summed E-state index contributed by atoms with van der Waals surface area (Å²) in [6.45, 7) is 17.2. The van der Waals surface area contributed by atoms with E-state index in [0.29, 0.717) is 70.0 Å². The molecule has 1 N–H and O–H groups in total. The molecule has 0 radical (unpaired) electrons. The van der Waals surface area contributed by atoms with Crippen LogP contribution < -0.4 is 5.32 Å². The third-order valence-electron chi connectivity index (χ3n) is 26.6. The molecule has 3 saturated heterocycles. The number of alkyl halides is 6. The summed E-state index contributed by atoms with van der Waals surface area (Å²) < 4.78 is 98.8. The van der Waals surface area contributed by atoms with Gasteiger partial charge in [0.15, 0.2) is 28.9 Å². The van der Waals surface area contributed by atoms with Gasteiger partial charge in [0.1, 0.15) is 88.6 Å². The zero-order valence-corrected chi connectivity index (χ0v) is 76.7. The Hall–Kier alpha value is -10.9. The van der Waals surface area contributed by atoms with Gasteiger partial charge in [-0.1, -0.05) is 88.6 Å². The molecule has 8 aromatic rings. The predicted molar refractivity (Wildman–Crippen MR) is 476 cm³/mol. The standard InChI is InChI=1S/C35H40F4N4O4.C33H40FN5O4.C30H41FN4O5/c1-20-14-24-9-7-5-6-8-22(3)28(45)12-13-34(36)17-27(29(46)16-26-21(2)10-11-30(40-26)35(37,38)39)42(19-34)31(47)18-43-33(24)25(15-20)32(41-43)23(4)44;1-5-28(41)27-15-33(34)12-11-29(42)20(2)9-7-6-8-10-23-13-24(25-16-35-22(4)36-17-25)14-26-31(21(3)40)37-39(32(23)26)18-30(43)38(27)19-33;1-19-13-22-9-7-5-6-8-10-23(37)11-12-30(31)15-25(29(39)32-20(2)17-40-4)34(18-30)26(38)16-35-28(22)24(14-19)27(33-35)21(3)36/h10-11,14-15,22,27H,5-9,12-13,16-19H2,1-4H3;13-14,16-17,20,27H,5-12,15,18-19H2,1-4H3;13-14,20,25H,5-12,15-18H2,1-4H3,(H,32,39)/t22-,27+,34-;20-,27+,33-;20-,25+,30-/m111/s1. The number of Topliss-reactive ketones (excluding diaryl/α,β-unsaturated/α-hetero) is 8. The molecule has 5 aromatic heterocycles. The molecule has 4 amide bonds. The SMILES string of the molecule is CC(=O)c1nn2c3c(cc(C)cc13)CCCCC[C@@H](C)C(=O)CC[C@@]1(F)C[C@@H](C(=O)Cc3nc(C(F)(F)F)ccc3C)N(C1)C(=O)C2.CCC(=O)[C@@H]1C[C@]2(F)CCC(=O)[C@H](C)CCCCCc3cc(-c4cnc(C)nc4)cc4c(C(C)=O)nn(c34)CC(=O)N1C2.COC[C@@H](C)NC(=O)[C@@H]1C[C@]2(F)CCC(=O)CCCCCCc3cc(C)cc4c(C(C)=O)nn(c34)CC(=O)N1C2. The van der Waals surface area contributed by atoms with E-state index >= 15 is 13.2 Å². The average Bonchev–Trinajstić information content (AvgIpc) is 1.61. The molecular formula is C98H121F6N13O13. The Morgan fingerprint density at radius 3 is 1.36 bits per heavy atom. The number of fused-ring (bicyclic) bond motifs is 6. The lowest BCUT2D eigenvalue weighted by Gasteiger charge is -2.25. The van der Waals surface area contributed by atoms with Crippen molar-refractivity contribution >= 4 is 103 Å². The normalized spacial score (nSPS) is 23.6. The van der Waals surface area contributed by atoms with Crippen LogP contribution in [0.2, 0.25) is 0 Å². The molecule has 0 spiro atoms. The van der Waals surface area contributed by atoms with E-state index in [-0.39, 0.29) is 179 Å². The average molecular weight is 1800 g/mol. The first kappa shape index (κ1) is 98.1. The van der Waals surface area contributed by atoms with Gasteiger partial charge >= 0.3 is 6.18 Å². The van der Waals surface area contributed by atoms with Crippen LogP contribution in [0.15, 0.2) is 60.9 Å². The van der Waals surface area contributed by atoms with Crippen molar-refractivity contribution in [2.75, 3.05) is 33.4 Å². The first-order chi connectivity index (χ1) is 61.6. The number of ether oxygens (including phenoxy) is 1. The second-order valence-electron chi connectivity index (χ2n) is 37.2. The zero-order chi connectivity index (χ0) is 94.2. The summed E-state index contributed by atoms with van der Waals surface area (Å²) in [7, 11) is 1.52. The fourth-order valence-electron chi connectivity index (χ4n) is 19.5. The molecular weight excluding hydrogens is 1680 g/mol. The van der Waals surface area contributed by atoms with Gasteiger partial charge in [0.05, 0.1) is 67.0 Å². The van der Waals surface area contributed by atoms with Crippen LogP contribution in [0.5, 0.6) is 0 Å². The van der Waals surface area contributed by atoms with Crippen molar-refractivity contribution < 1.29 is 88.6 Å². The van der Waals surface area contributed by atoms with Gasteiger partial charge in [-0.2, -0.15) is 28.5 Å². The van der Waals surface area contributed by atoms with E-state index in [1.807, 2.05) is 65.0 Å². The number of rotatable bonds is 13. The fraction of sp³-hybridized carbons (Fsp3) is 0.571. The Balaban J connectivity index is 0.000000177. The summed E-state index contributed by atoms with van der Waals surface area (Å²) in [5.74, 6) is -3.38. The minimum absolute atomic E-state index is 0.0116. The lowest BCUT2D eigenvalue weighted by Crippen LogP contribution is -2.49. The number of ketones is 8. The molecule has 130 heavy (non-hydrogen) atoms. The minimum Gasteiger partial charge on any atom is -0.383 e. The molecule has 14 rings (SSSR count). The quantitative estimate of drug-likeness (QED) is 0.0827. The first-order valence-corrected chi connectivity index (χ1v) is 45.8. The Kier molecular flexibility index (Phi) is 31.5. The number of aromatic nitrogens is 9. The van der Waals surface area contributed by atoms with E-state index in [0.717, 1.165) is 132 Å². The number of hydrogen-bond acceptors (Lipinski definition) is 19. The molecule has 26 nitrogen and oxygen atoms in total. The smallest absolute Gasteiger partial charge is 0.383 e. The summed E-state index contributed by atoms with van der Waals surface area (Å²) in [4.78, 5) is 174. The molecule has 0 aliphatic carbocycles. The number of nitrogens with zero attached hydrogens (tertiary/aromatic N) is 12. The van der Waals surface area contributed by atoms with Crippen molar-refractivity contribution in [1.29, 1.82) is 0 Å². The number of amides is 4. The second kappa shape index (κ2) is 41.7. The minimum atomic E-state index is -4.72. The van der Waals surface area contributed by atoms with Gasteiger partial charge < -0.3 is 24.8 Å². The highest BCUT2D eigenvalue weighted by molar-refractivity contribution is 6.09. The maximum absolute atomic E-state index is 16.5. The van der Waals surface area contributed by atoms with Crippen molar-refractivity contribution in [2.45, 2.75) is 317 Å². The van der Waals surface area contributed by atoms with Gasteiger partial charge in [0.2, 0.25) is 23.6 Å². The molecule has 698 valence electrons. The van der Waals surface area contributed by atoms with E-state index < -0.39 is 89.4 Å². The van der Waals surface area contributed by atoms with Gasteiger partial charge in [-0.25, -0.2) is 28.1 Å². The maximum atomic E-state index is 16.5. The molecule has 6 bridgehead atoms. The van der Waals surface area contributed by atoms with Crippen molar-refractivity contribution in [3.8, 4) is 11.1 Å². The van der Waals surface area contributed by atoms with Crippen LogP contribution in [0.1, 0.15) is 278 Å². The van der Waals surface area contributed by atoms with Gasteiger partial charge in [0.25, 0.3) is 0 Å². The van der Waals surface area contributed by atoms with Crippen molar-refractivity contribution in [1.82, 2.24) is 64.3 Å². The van der Waals surface area contributed by atoms with Gasteiger partial charge in [0, 0.05) is 131 Å². The second-order valence-corrected chi connectivity index (χ2v) is 37.2. The van der Waals surface area contributed by atoms with Crippen LogP contribution in [0.3, 0.4) is 0 Å². The fourth-order valence-corrected chi connectivity index (χ4v) is 19.5. The molecule has 0 unspecified atom stereocenters. The van der Waals surface area contributed by atoms with Gasteiger partial charge in [-0.05, 0) is 170 Å². The monoisotopic (exact) mass is 1800 g/mol. The van der Waals surface area contributed by atoms with E-state index in [4.69, 9.17) is 4.74 Å². The highest BCUT2D eigenvalue weighted by atomic mass is 19.4. The van der Waals surface area contributed by atoms with Crippen LogP contribution in [0.25, 0.3) is 43.8 Å². The Bertz CT molecular complexity index is 5660. The van der Waals surface area contributed by atoms with Crippen molar-refractivity contribution in [3.63, 3.8) is 0 Å². The van der Waals surface area contributed by atoms with Crippen LogP contribution in [-0.4, -0.2) is 203 Å². The molecule has 9 atom stereocenters. The lowest BCUT2D eigenvalue weighted by molar-refractivity contribution is -0.141. The first-order valence-electron chi connectivity index (χ1n) is 45.8. The highest BCUT2D eigenvalue weighted by Gasteiger charge is 2.53. The lowest BCUT2D eigenvalue weighted by atomic mass is 9.89. The summed E-state index contributed by atoms with van der Waals surface area (Å²) in [5, 5.41) is 18.4. The third-order valence-corrected chi connectivity index (χ3v) is 26.6. The molecule has 6 aliphatic rings. The number of halogens is 6. The van der Waals surface area contributed by atoms with Crippen molar-refractivity contribution in [2.24, 2.45) is 11.8 Å². The zero-order valence-electron chi connectivity index (χ0n) is 76.7. The number of hydrogen-bond donors (Lipinski definition) is 1. The Labute approximate surface area is 753 Å². The predicted octanol–water partition coefficient (Wildman–Crippen LogP) is 15.8. The van der Waals surface area contributed by atoms with E-state index in [1.165, 1.54) is 55.4 Å². The topological polar surface area (TPSA) is 328 Å². The van der Waals surface area contributed by atoms with E-state index in [2.05, 4.69) is 41.6 Å². The number of nitrogens with one attached hydrogen (secondary N) is 1. The molecule has 32 heteroatoms. The number of carbonyl (C=O) groups excluding carboxylic acids is 12. The van der Waals surface area contributed by atoms with Crippen molar-refractivity contribution in [3.05, 3.63) is 129 Å². The summed E-state index contributed by atoms with van der Waals surface area (Å²) >= 11 is 0. The summed E-state index contributed by atoms with van der Waals surface area (Å²) in [6.07, 6.45) is 10.0. The summed E-state index contributed by atoms with van der Waals surface area (Å²) in [6, 6.07) is 10.3. The molecule has 3 fully saturated rings. The van der Waals surface area contributed by atoms with Crippen LogP contribution in [-0.2, 0) is 99.4 Å². The van der Waals surface area contributed by atoms with Gasteiger partial charge in [-0.3, -0.25) is 71.6 Å². The summed E-state index contributed by atoms with van der Waals surface area (Å²) in [5.41, 5.74) is 2.56. The van der Waals surface area contributed by atoms with Crippen LogP contribution in [0, 0.1) is 39.5 Å². The number of aryl methyl sites for hydroxylation is 7. The molecule has 6 aliphatic heterocycles. The van der Waals surface area contributed by atoms with Crippen LogP contribution in [0.4, 0.5) is 26.3 Å². The van der Waals surface area contributed by atoms with Gasteiger partial charge in [-0.15, -0.1) is 0 Å². The maximum Gasteiger partial charge on any atom is 0.433 e. The molecule has 0 saturated carbocycles. The molecule has 3 aromatic carbocycles. The number of benzene rings is 3. The largest absolute Gasteiger partial charge is 0.433 e. The highest BCUT2D eigenvalue weighted by Crippen LogP contribution is 2.43.